The normalized spacial score (nSPS) is 14.6. The fourth-order valence-corrected chi connectivity index (χ4v) is 1.72. The Hall–Kier alpha value is -2.10. The van der Waals surface area contributed by atoms with E-state index < -0.39 is 22.6 Å². The van der Waals surface area contributed by atoms with E-state index in [-0.39, 0.29) is 12.5 Å². The van der Waals surface area contributed by atoms with Crippen molar-refractivity contribution in [2.75, 3.05) is 0 Å². The van der Waals surface area contributed by atoms with Gasteiger partial charge in [0.05, 0.1) is 6.07 Å². The number of hydrogen-bond donors (Lipinski definition) is 1. The van der Waals surface area contributed by atoms with E-state index >= 15 is 0 Å². The molecule has 0 aliphatic heterocycles. The van der Waals surface area contributed by atoms with E-state index in [1.54, 1.807) is 6.92 Å². The highest BCUT2D eigenvalue weighted by atomic mass is 16.5. The van der Waals surface area contributed by atoms with Crippen LogP contribution in [0.1, 0.15) is 47.4 Å². The lowest BCUT2D eigenvalue weighted by Crippen LogP contribution is -2.50. The van der Waals surface area contributed by atoms with Crippen LogP contribution >= 0.6 is 0 Å². The van der Waals surface area contributed by atoms with Crippen LogP contribution in [0, 0.1) is 17.2 Å². The van der Waals surface area contributed by atoms with Gasteiger partial charge in [0, 0.05) is 5.41 Å². The average Bonchev–Trinajstić information content (AvgIpc) is 2.70. The van der Waals surface area contributed by atoms with Crippen molar-refractivity contribution in [3.8, 4) is 6.07 Å². The minimum atomic E-state index is -0.986. The van der Waals surface area contributed by atoms with Crippen LogP contribution in [0.15, 0.2) is 9.32 Å². The lowest BCUT2D eigenvalue weighted by molar-refractivity contribution is -0.123. The molecule has 0 spiro atoms. The number of nitrogens with one attached hydrogen (secondary N) is 1. The second-order valence-corrected chi connectivity index (χ2v) is 6.63. The molecule has 1 aromatic heterocycles. The van der Waals surface area contributed by atoms with Gasteiger partial charge in [-0.3, -0.25) is 13.9 Å². The van der Waals surface area contributed by atoms with Crippen molar-refractivity contribution >= 4 is 5.91 Å². The van der Waals surface area contributed by atoms with Gasteiger partial charge in [0.25, 0.3) is 0 Å². The Morgan fingerprint density at radius 3 is 2.43 bits per heavy atom. The third-order valence-electron chi connectivity index (χ3n) is 3.44. The van der Waals surface area contributed by atoms with Gasteiger partial charge in [-0.05, 0) is 12.8 Å². The van der Waals surface area contributed by atoms with Crippen LogP contribution in [0.25, 0.3) is 0 Å². The predicted molar refractivity (Wildman–Crippen MR) is 76.5 cm³/mol. The summed E-state index contributed by atoms with van der Waals surface area (Å²) in [5.41, 5.74) is -1.41. The molecule has 0 saturated carbocycles. The van der Waals surface area contributed by atoms with Crippen molar-refractivity contribution in [2.45, 2.75) is 59.0 Å². The Balaban J connectivity index is 2.99. The fourth-order valence-electron chi connectivity index (χ4n) is 1.72. The number of hydrogen-bond acceptors (Lipinski definition) is 5. The quantitative estimate of drug-likeness (QED) is 0.898. The molecule has 1 aromatic rings. The second kappa shape index (κ2) is 5.72. The zero-order chi connectivity index (χ0) is 16.4. The van der Waals surface area contributed by atoms with Crippen molar-refractivity contribution in [3.63, 3.8) is 0 Å². The molecule has 0 fully saturated rings. The van der Waals surface area contributed by atoms with E-state index in [0.717, 1.165) is 0 Å². The highest BCUT2D eigenvalue weighted by molar-refractivity contribution is 5.77. The smallest absolute Gasteiger partial charge is 0.336 e. The number of nitrogens with zero attached hydrogens (tertiary/aromatic N) is 3. The highest BCUT2D eigenvalue weighted by Gasteiger charge is 2.31. The van der Waals surface area contributed by atoms with Crippen molar-refractivity contribution in [3.05, 3.63) is 16.4 Å². The maximum atomic E-state index is 12.1. The minimum Gasteiger partial charge on any atom is -0.336 e. The maximum absolute atomic E-state index is 12.1. The first-order valence-corrected chi connectivity index (χ1v) is 6.80. The molecule has 116 valence electrons. The number of rotatable bonds is 4. The van der Waals surface area contributed by atoms with Gasteiger partial charge in [-0.15, -0.1) is 0 Å². The number of amides is 1. The van der Waals surface area contributed by atoms with Gasteiger partial charge in [-0.2, -0.15) is 5.26 Å². The van der Waals surface area contributed by atoms with Crippen LogP contribution < -0.4 is 11.1 Å². The topological polar surface area (TPSA) is 101 Å². The molecule has 21 heavy (non-hydrogen) atoms. The molecule has 0 aromatic carbocycles. The third kappa shape index (κ3) is 3.72. The predicted octanol–water partition coefficient (Wildman–Crippen LogP) is 1.19. The van der Waals surface area contributed by atoms with Crippen LogP contribution in [0.2, 0.25) is 0 Å². The molecule has 1 unspecified atom stereocenters. The summed E-state index contributed by atoms with van der Waals surface area (Å²) in [7, 11) is 0. The molecule has 0 bridgehead atoms. The van der Waals surface area contributed by atoms with E-state index in [9.17, 15) is 14.9 Å². The summed E-state index contributed by atoms with van der Waals surface area (Å²) in [6.45, 7) is 10.7. The van der Waals surface area contributed by atoms with Crippen molar-refractivity contribution in [2.24, 2.45) is 5.92 Å². The van der Waals surface area contributed by atoms with Crippen LogP contribution in [0.4, 0.5) is 0 Å². The molecule has 0 aliphatic carbocycles. The summed E-state index contributed by atoms with van der Waals surface area (Å²) < 4.78 is 5.83. The minimum absolute atomic E-state index is 0.0623. The zero-order valence-electron chi connectivity index (χ0n) is 13.4. The standard InChI is InChI=1S/C14H22N4O3/c1-9(2)14(6,8-15)16-10(19)7-18-11(13(3,4)5)17-21-12(18)20/h9H,7H2,1-6H3,(H,16,19). The molecule has 0 saturated heterocycles. The Kier molecular flexibility index (Phi) is 4.62. The van der Waals surface area contributed by atoms with Gasteiger partial charge < -0.3 is 5.32 Å². The summed E-state index contributed by atoms with van der Waals surface area (Å²) in [6.07, 6.45) is 0. The van der Waals surface area contributed by atoms with Gasteiger partial charge >= 0.3 is 5.76 Å². The highest BCUT2D eigenvalue weighted by Crippen LogP contribution is 2.19. The van der Waals surface area contributed by atoms with E-state index in [1.165, 1.54) is 4.57 Å². The summed E-state index contributed by atoms with van der Waals surface area (Å²) in [6, 6.07) is 2.09. The average molecular weight is 294 g/mol. The molecule has 7 nitrogen and oxygen atoms in total. The largest absolute Gasteiger partial charge is 0.442 e. The molecule has 1 atom stereocenters. The zero-order valence-corrected chi connectivity index (χ0v) is 13.4. The van der Waals surface area contributed by atoms with Crippen LogP contribution in [-0.2, 0) is 16.8 Å². The number of aromatic nitrogens is 2. The van der Waals surface area contributed by atoms with Gasteiger partial charge in [0.1, 0.15) is 12.1 Å². The number of carbonyl (C=O) groups excluding carboxylic acids is 1. The number of carbonyl (C=O) groups is 1. The summed E-state index contributed by atoms with van der Waals surface area (Å²) in [5, 5.41) is 15.6. The third-order valence-corrected chi connectivity index (χ3v) is 3.44. The molecule has 1 rings (SSSR count). The van der Waals surface area contributed by atoms with E-state index in [2.05, 4.69) is 21.1 Å². The molecule has 1 amide bonds. The molecular weight excluding hydrogens is 272 g/mol. The molecule has 1 heterocycles. The van der Waals surface area contributed by atoms with Gasteiger partial charge in [-0.1, -0.05) is 39.8 Å². The number of nitriles is 1. The Bertz CT molecular complexity index is 615. The van der Waals surface area contributed by atoms with E-state index in [0.29, 0.717) is 5.82 Å². The van der Waals surface area contributed by atoms with Crippen molar-refractivity contribution in [1.29, 1.82) is 5.26 Å². The molecular formula is C14H22N4O3. The Labute approximate surface area is 123 Å². The summed E-state index contributed by atoms with van der Waals surface area (Å²) in [4.78, 5) is 23.8. The lowest BCUT2D eigenvalue weighted by Gasteiger charge is -2.27. The summed E-state index contributed by atoms with van der Waals surface area (Å²) in [5.74, 6) is -0.777. The monoisotopic (exact) mass is 294 g/mol. The first kappa shape index (κ1) is 17.0. The van der Waals surface area contributed by atoms with Crippen molar-refractivity contribution < 1.29 is 9.32 Å². The van der Waals surface area contributed by atoms with Crippen molar-refractivity contribution in [1.82, 2.24) is 15.0 Å². The lowest BCUT2D eigenvalue weighted by atomic mass is 9.90. The molecule has 7 heteroatoms. The first-order valence-electron chi connectivity index (χ1n) is 6.80. The Morgan fingerprint density at radius 1 is 1.43 bits per heavy atom. The van der Waals surface area contributed by atoms with Crippen LogP contribution in [0.3, 0.4) is 0 Å². The molecule has 0 aliphatic rings. The summed E-state index contributed by atoms with van der Waals surface area (Å²) >= 11 is 0. The molecule has 0 radical (unpaired) electrons. The van der Waals surface area contributed by atoms with Crippen LogP contribution in [0.5, 0.6) is 0 Å². The fraction of sp³-hybridized carbons (Fsp3) is 0.714. The first-order chi connectivity index (χ1) is 9.51. The second-order valence-electron chi connectivity index (χ2n) is 6.63. The van der Waals surface area contributed by atoms with Crippen LogP contribution in [-0.4, -0.2) is 21.2 Å². The maximum Gasteiger partial charge on any atom is 0.442 e. The van der Waals surface area contributed by atoms with Gasteiger partial charge in [0.15, 0.2) is 5.82 Å². The van der Waals surface area contributed by atoms with Gasteiger partial charge in [0.2, 0.25) is 5.91 Å². The van der Waals surface area contributed by atoms with Gasteiger partial charge in [-0.25, -0.2) is 4.79 Å². The SMILES string of the molecule is CC(C)C(C)(C#N)NC(=O)Cn1c(C(C)(C)C)noc1=O. The molecule has 1 N–H and O–H groups in total. The van der Waals surface area contributed by atoms with E-state index in [1.807, 2.05) is 34.6 Å². The van der Waals surface area contributed by atoms with E-state index in [4.69, 9.17) is 0 Å². The Morgan fingerprint density at radius 2 is 2.00 bits per heavy atom.